The smallest absolute Gasteiger partial charge is 0.220 e. The molecule has 1 atom stereocenters. The molecule has 4 heteroatoms. The Morgan fingerprint density at radius 1 is 1.47 bits per heavy atom. The molecule has 17 heavy (non-hydrogen) atoms. The Morgan fingerprint density at radius 2 is 2.12 bits per heavy atom. The third-order valence-electron chi connectivity index (χ3n) is 2.65. The number of carbonyl (C=O) groups excluding carboxylic acids is 1. The van der Waals surface area contributed by atoms with E-state index in [0.717, 1.165) is 5.56 Å². The Morgan fingerprint density at radius 3 is 2.65 bits per heavy atom. The number of nitrogens with one attached hydrogen (secondary N) is 1. The number of aromatic hydroxyl groups is 1. The summed E-state index contributed by atoms with van der Waals surface area (Å²) in [5.41, 5.74) is 1.03. The van der Waals surface area contributed by atoms with Crippen molar-refractivity contribution in [2.24, 2.45) is 4.99 Å². The van der Waals surface area contributed by atoms with E-state index in [4.69, 9.17) is 0 Å². The maximum absolute atomic E-state index is 11.4. The van der Waals surface area contributed by atoms with Crippen LogP contribution in [0.4, 0.5) is 0 Å². The molecule has 1 rings (SSSR count). The van der Waals surface area contributed by atoms with Crippen molar-refractivity contribution in [1.29, 1.82) is 0 Å². The molecule has 0 heterocycles. The van der Waals surface area contributed by atoms with Gasteiger partial charge < -0.3 is 15.4 Å². The van der Waals surface area contributed by atoms with Crippen LogP contribution >= 0.6 is 0 Å². The van der Waals surface area contributed by atoms with Crippen LogP contribution in [0.3, 0.4) is 0 Å². The van der Waals surface area contributed by atoms with Gasteiger partial charge >= 0.3 is 0 Å². The number of rotatable bonds is 5. The van der Waals surface area contributed by atoms with Gasteiger partial charge in [-0.15, -0.1) is 0 Å². The number of carbonyl (C=O) groups is 1. The minimum absolute atomic E-state index is 0.00702. The van der Waals surface area contributed by atoms with Crippen molar-refractivity contribution in [2.75, 3.05) is 14.1 Å². The normalized spacial score (nSPS) is 12.6. The summed E-state index contributed by atoms with van der Waals surface area (Å²) in [5.74, 6) is 0.337. The molecule has 1 unspecified atom stereocenters. The number of benzene rings is 1. The number of nitrogens with zero attached hydrogens (tertiary/aromatic N) is 1. The lowest BCUT2D eigenvalue weighted by atomic mass is 9.92. The van der Waals surface area contributed by atoms with E-state index in [1.165, 1.54) is 0 Å². The van der Waals surface area contributed by atoms with Gasteiger partial charge in [0.1, 0.15) is 5.75 Å². The highest BCUT2D eigenvalue weighted by Gasteiger charge is 2.14. The zero-order chi connectivity index (χ0) is 12.7. The van der Waals surface area contributed by atoms with Gasteiger partial charge in [0.2, 0.25) is 5.91 Å². The first kappa shape index (κ1) is 13.2. The van der Waals surface area contributed by atoms with E-state index in [-0.39, 0.29) is 17.6 Å². The lowest BCUT2D eigenvalue weighted by Gasteiger charge is -2.14. The Balaban J connectivity index is 2.81. The fraction of sp³-hybridized carbons (Fsp3) is 0.385. The molecule has 0 saturated carbocycles. The number of phenolic OH excluding ortho intramolecular Hbond substituents is 1. The monoisotopic (exact) mass is 234 g/mol. The molecule has 0 radical (unpaired) electrons. The zero-order valence-corrected chi connectivity index (χ0v) is 10.2. The Labute approximate surface area is 101 Å². The second-order valence-electron chi connectivity index (χ2n) is 3.84. The fourth-order valence-electron chi connectivity index (χ4n) is 1.64. The van der Waals surface area contributed by atoms with Gasteiger partial charge in [0, 0.05) is 20.5 Å². The van der Waals surface area contributed by atoms with Crippen LogP contribution < -0.4 is 5.32 Å². The maximum Gasteiger partial charge on any atom is 0.220 e. The first-order chi connectivity index (χ1) is 8.17. The molecule has 0 bridgehead atoms. The lowest BCUT2D eigenvalue weighted by Crippen LogP contribution is -2.20. The summed E-state index contributed by atoms with van der Waals surface area (Å²) in [6, 6.07) is 6.95. The molecular weight excluding hydrogens is 216 g/mol. The van der Waals surface area contributed by atoms with E-state index in [1.807, 2.05) is 12.1 Å². The van der Waals surface area contributed by atoms with Crippen molar-refractivity contribution in [3.8, 4) is 5.75 Å². The second kappa shape index (κ2) is 6.68. The zero-order valence-electron chi connectivity index (χ0n) is 10.2. The molecule has 4 nitrogen and oxygen atoms in total. The van der Waals surface area contributed by atoms with Gasteiger partial charge in [-0.05, 0) is 36.2 Å². The van der Waals surface area contributed by atoms with Gasteiger partial charge in [0.15, 0.2) is 0 Å². The SMILES string of the molecule is CN=CCC(CC(=O)NC)c1ccc(O)cc1. The van der Waals surface area contributed by atoms with Crippen LogP contribution in [0.5, 0.6) is 5.75 Å². The molecule has 0 aliphatic carbocycles. The number of aliphatic imine (C=N–C) groups is 1. The number of hydrogen-bond acceptors (Lipinski definition) is 3. The topological polar surface area (TPSA) is 61.7 Å². The molecule has 0 aliphatic rings. The number of hydrogen-bond donors (Lipinski definition) is 2. The van der Waals surface area contributed by atoms with Crippen molar-refractivity contribution in [2.45, 2.75) is 18.8 Å². The van der Waals surface area contributed by atoms with Crippen molar-refractivity contribution in [3.05, 3.63) is 29.8 Å². The third kappa shape index (κ3) is 4.26. The average molecular weight is 234 g/mol. The van der Waals surface area contributed by atoms with E-state index in [9.17, 15) is 9.90 Å². The first-order valence-corrected chi connectivity index (χ1v) is 5.57. The predicted molar refractivity (Wildman–Crippen MR) is 68.6 cm³/mol. The molecule has 1 aromatic carbocycles. The summed E-state index contributed by atoms with van der Waals surface area (Å²) in [6.07, 6.45) is 2.95. The van der Waals surface area contributed by atoms with Crippen LogP contribution in [0.15, 0.2) is 29.3 Å². The van der Waals surface area contributed by atoms with E-state index in [1.54, 1.807) is 32.4 Å². The summed E-state index contributed by atoms with van der Waals surface area (Å²) in [5, 5.41) is 11.9. The van der Waals surface area contributed by atoms with Gasteiger partial charge in [0.25, 0.3) is 0 Å². The highest BCUT2D eigenvalue weighted by atomic mass is 16.3. The van der Waals surface area contributed by atoms with E-state index < -0.39 is 0 Å². The van der Waals surface area contributed by atoms with Crippen molar-refractivity contribution < 1.29 is 9.90 Å². The van der Waals surface area contributed by atoms with Crippen LogP contribution in [0.25, 0.3) is 0 Å². The molecule has 2 N–H and O–H groups in total. The Bertz CT molecular complexity index is 385. The second-order valence-corrected chi connectivity index (χ2v) is 3.84. The molecular formula is C13H18N2O2. The predicted octanol–water partition coefficient (Wildman–Crippen LogP) is 1.70. The van der Waals surface area contributed by atoms with Gasteiger partial charge in [-0.1, -0.05) is 12.1 Å². The summed E-state index contributed by atoms with van der Waals surface area (Å²) in [4.78, 5) is 15.4. The minimum atomic E-state index is 0.00702. The summed E-state index contributed by atoms with van der Waals surface area (Å²) in [6.45, 7) is 0. The highest BCUT2D eigenvalue weighted by Crippen LogP contribution is 2.24. The maximum atomic E-state index is 11.4. The Hall–Kier alpha value is -1.84. The minimum Gasteiger partial charge on any atom is -0.508 e. The third-order valence-corrected chi connectivity index (χ3v) is 2.65. The molecule has 0 aliphatic heterocycles. The summed E-state index contributed by atoms with van der Waals surface area (Å²) < 4.78 is 0. The largest absolute Gasteiger partial charge is 0.508 e. The molecule has 0 saturated heterocycles. The van der Waals surface area contributed by atoms with E-state index in [2.05, 4.69) is 10.3 Å². The van der Waals surface area contributed by atoms with Crippen molar-refractivity contribution >= 4 is 12.1 Å². The standard InChI is InChI=1S/C13H18N2O2/c1-14-8-7-11(9-13(17)15-2)10-3-5-12(16)6-4-10/h3-6,8,11,16H,7,9H2,1-2H3,(H,15,17). The number of amides is 1. The van der Waals surface area contributed by atoms with Crippen LogP contribution in [0, 0.1) is 0 Å². The van der Waals surface area contributed by atoms with Crippen LogP contribution in [0.2, 0.25) is 0 Å². The van der Waals surface area contributed by atoms with Gasteiger partial charge in [-0.2, -0.15) is 0 Å². The highest BCUT2D eigenvalue weighted by molar-refractivity contribution is 5.77. The van der Waals surface area contributed by atoms with E-state index >= 15 is 0 Å². The van der Waals surface area contributed by atoms with Gasteiger partial charge in [0.05, 0.1) is 0 Å². The molecule has 0 spiro atoms. The van der Waals surface area contributed by atoms with Crippen LogP contribution in [-0.4, -0.2) is 31.3 Å². The van der Waals surface area contributed by atoms with Crippen molar-refractivity contribution in [3.63, 3.8) is 0 Å². The van der Waals surface area contributed by atoms with Crippen LogP contribution in [-0.2, 0) is 4.79 Å². The molecule has 0 fully saturated rings. The quantitative estimate of drug-likeness (QED) is 0.762. The lowest BCUT2D eigenvalue weighted by molar-refractivity contribution is -0.120. The molecule has 1 aromatic rings. The molecule has 92 valence electrons. The number of phenols is 1. The fourth-order valence-corrected chi connectivity index (χ4v) is 1.64. The van der Waals surface area contributed by atoms with E-state index in [0.29, 0.717) is 12.8 Å². The summed E-state index contributed by atoms with van der Waals surface area (Å²) in [7, 11) is 3.35. The van der Waals surface area contributed by atoms with Gasteiger partial charge in [-0.25, -0.2) is 0 Å². The van der Waals surface area contributed by atoms with Crippen molar-refractivity contribution in [1.82, 2.24) is 5.32 Å². The summed E-state index contributed by atoms with van der Waals surface area (Å²) >= 11 is 0. The van der Waals surface area contributed by atoms with Gasteiger partial charge in [-0.3, -0.25) is 4.79 Å². The Kier molecular flexibility index (Phi) is 5.20. The molecule has 1 amide bonds. The van der Waals surface area contributed by atoms with Crippen LogP contribution in [0.1, 0.15) is 24.3 Å². The molecule has 0 aromatic heterocycles. The average Bonchev–Trinajstić information content (AvgIpc) is 2.35. The first-order valence-electron chi connectivity index (χ1n) is 5.57.